The normalized spacial score (nSPS) is 14.6. The van der Waals surface area contributed by atoms with Gasteiger partial charge >= 0.3 is 0 Å². The summed E-state index contributed by atoms with van der Waals surface area (Å²) in [6.07, 6.45) is 0.817. The maximum absolute atomic E-state index is 13.7. The van der Waals surface area contributed by atoms with Gasteiger partial charge in [-0.25, -0.2) is 4.39 Å². The minimum Gasteiger partial charge on any atom is -0.385 e. The number of nitrogens with one attached hydrogen (secondary N) is 1. The lowest BCUT2D eigenvalue weighted by Gasteiger charge is -2.24. The molecule has 17 heavy (non-hydrogen) atoms. The first-order valence-electron chi connectivity index (χ1n) is 5.50. The van der Waals surface area contributed by atoms with E-state index in [1.807, 2.05) is 6.92 Å². The monoisotopic (exact) mass is 304 g/mol. The van der Waals surface area contributed by atoms with Crippen LogP contribution < -0.4 is 11.3 Å². The standard InChI is InChI=1S/C12H18BrFN2O/c1-8(5-6-17-2)12(16-15)10-7-9(13)3-4-11(10)14/h3-4,7-8,12,16H,5-6,15H2,1-2H3. The number of nitrogens with two attached hydrogens (primary N) is 1. The molecule has 2 atom stereocenters. The van der Waals surface area contributed by atoms with Crippen molar-refractivity contribution < 1.29 is 9.13 Å². The van der Waals surface area contributed by atoms with Crippen molar-refractivity contribution >= 4 is 15.9 Å². The quantitative estimate of drug-likeness (QED) is 0.627. The zero-order valence-corrected chi connectivity index (χ0v) is 11.6. The van der Waals surface area contributed by atoms with Gasteiger partial charge in [-0.3, -0.25) is 11.3 Å². The summed E-state index contributed by atoms with van der Waals surface area (Å²) < 4.78 is 19.6. The first kappa shape index (κ1) is 14.6. The summed E-state index contributed by atoms with van der Waals surface area (Å²) in [6.45, 7) is 2.65. The fraction of sp³-hybridized carbons (Fsp3) is 0.500. The zero-order valence-electron chi connectivity index (χ0n) is 10.0. The van der Waals surface area contributed by atoms with E-state index in [1.165, 1.54) is 6.07 Å². The van der Waals surface area contributed by atoms with Crippen LogP contribution in [0.5, 0.6) is 0 Å². The van der Waals surface area contributed by atoms with Gasteiger partial charge in [0.1, 0.15) is 5.82 Å². The molecule has 0 bridgehead atoms. The second-order valence-corrected chi connectivity index (χ2v) is 4.98. The highest BCUT2D eigenvalue weighted by Gasteiger charge is 2.21. The van der Waals surface area contributed by atoms with Crippen molar-refractivity contribution in [3.8, 4) is 0 Å². The van der Waals surface area contributed by atoms with Crippen molar-refractivity contribution in [2.75, 3.05) is 13.7 Å². The van der Waals surface area contributed by atoms with Crippen LogP contribution in [0, 0.1) is 11.7 Å². The number of methoxy groups -OCH3 is 1. The molecule has 0 fully saturated rings. The van der Waals surface area contributed by atoms with E-state index >= 15 is 0 Å². The maximum atomic E-state index is 13.7. The molecule has 5 heteroatoms. The predicted octanol–water partition coefficient (Wildman–Crippen LogP) is 2.77. The van der Waals surface area contributed by atoms with E-state index in [0.29, 0.717) is 12.2 Å². The van der Waals surface area contributed by atoms with E-state index in [0.717, 1.165) is 10.9 Å². The van der Waals surface area contributed by atoms with E-state index in [1.54, 1.807) is 19.2 Å². The summed E-state index contributed by atoms with van der Waals surface area (Å²) in [5.74, 6) is 5.46. The Hall–Kier alpha value is -0.490. The molecular weight excluding hydrogens is 287 g/mol. The van der Waals surface area contributed by atoms with E-state index < -0.39 is 0 Å². The van der Waals surface area contributed by atoms with Gasteiger partial charge in [0.25, 0.3) is 0 Å². The molecule has 3 N–H and O–H groups in total. The van der Waals surface area contributed by atoms with Crippen LogP contribution in [0.1, 0.15) is 24.9 Å². The van der Waals surface area contributed by atoms with E-state index in [2.05, 4.69) is 21.4 Å². The SMILES string of the molecule is COCCC(C)C(NN)c1cc(Br)ccc1F. The molecule has 2 unspecified atom stereocenters. The topological polar surface area (TPSA) is 47.3 Å². The minimum absolute atomic E-state index is 0.184. The number of benzene rings is 1. The molecule has 96 valence electrons. The Morgan fingerprint density at radius 3 is 2.82 bits per heavy atom. The Balaban J connectivity index is 2.88. The van der Waals surface area contributed by atoms with Crippen molar-refractivity contribution in [2.24, 2.45) is 11.8 Å². The summed E-state index contributed by atoms with van der Waals surface area (Å²) in [6, 6.07) is 4.64. The molecule has 0 amide bonds. The highest BCUT2D eigenvalue weighted by atomic mass is 79.9. The maximum Gasteiger partial charge on any atom is 0.128 e. The van der Waals surface area contributed by atoms with Crippen molar-refractivity contribution in [3.63, 3.8) is 0 Å². The number of hydrazine groups is 1. The molecule has 0 radical (unpaired) electrons. The van der Waals surface area contributed by atoms with Gasteiger partial charge < -0.3 is 4.74 Å². The third kappa shape index (κ3) is 4.03. The Kier molecular flexibility index (Phi) is 6.05. The van der Waals surface area contributed by atoms with Crippen molar-refractivity contribution in [2.45, 2.75) is 19.4 Å². The van der Waals surface area contributed by atoms with E-state index in [4.69, 9.17) is 10.6 Å². The minimum atomic E-state index is -0.250. The van der Waals surface area contributed by atoms with Gasteiger partial charge in [-0.15, -0.1) is 0 Å². The molecule has 1 aromatic rings. The molecule has 0 aromatic heterocycles. The average molecular weight is 305 g/mol. The van der Waals surface area contributed by atoms with Gasteiger partial charge in [0, 0.05) is 23.8 Å². The summed E-state index contributed by atoms with van der Waals surface area (Å²) in [7, 11) is 1.65. The molecule has 0 aliphatic heterocycles. The fourth-order valence-corrected chi connectivity index (χ4v) is 2.16. The van der Waals surface area contributed by atoms with Crippen LogP contribution in [-0.4, -0.2) is 13.7 Å². The molecule has 1 aromatic carbocycles. The Morgan fingerprint density at radius 2 is 2.24 bits per heavy atom. The number of halogens is 2. The molecule has 3 nitrogen and oxygen atoms in total. The molecule has 0 heterocycles. The average Bonchev–Trinajstić information content (AvgIpc) is 2.32. The van der Waals surface area contributed by atoms with E-state index in [-0.39, 0.29) is 17.8 Å². The Bertz CT molecular complexity index is 362. The molecule has 0 spiro atoms. The second kappa shape index (κ2) is 7.06. The van der Waals surface area contributed by atoms with E-state index in [9.17, 15) is 4.39 Å². The number of hydrogen-bond acceptors (Lipinski definition) is 3. The summed E-state index contributed by atoms with van der Waals surface area (Å²) >= 11 is 3.34. The van der Waals surface area contributed by atoms with Crippen LogP contribution in [0.25, 0.3) is 0 Å². The lowest BCUT2D eigenvalue weighted by Crippen LogP contribution is -2.33. The highest BCUT2D eigenvalue weighted by Crippen LogP contribution is 2.28. The van der Waals surface area contributed by atoms with Crippen molar-refractivity contribution in [1.29, 1.82) is 0 Å². The van der Waals surface area contributed by atoms with Crippen LogP contribution in [-0.2, 0) is 4.74 Å². The lowest BCUT2D eigenvalue weighted by atomic mass is 9.92. The van der Waals surface area contributed by atoms with Crippen molar-refractivity contribution in [3.05, 3.63) is 34.1 Å². The summed E-state index contributed by atoms with van der Waals surface area (Å²) in [5.41, 5.74) is 3.25. The first-order chi connectivity index (χ1) is 8.10. The van der Waals surface area contributed by atoms with Gasteiger partial charge in [0.05, 0.1) is 6.04 Å². The first-order valence-corrected chi connectivity index (χ1v) is 6.29. The second-order valence-electron chi connectivity index (χ2n) is 4.07. The van der Waals surface area contributed by atoms with Gasteiger partial charge in [-0.1, -0.05) is 22.9 Å². The molecule has 0 saturated heterocycles. The van der Waals surface area contributed by atoms with Crippen molar-refractivity contribution in [1.82, 2.24) is 5.43 Å². The van der Waals surface area contributed by atoms with Gasteiger partial charge in [-0.2, -0.15) is 0 Å². The Labute approximate surface area is 110 Å². The molecule has 1 rings (SSSR count). The van der Waals surface area contributed by atoms with Gasteiger partial charge in [0.15, 0.2) is 0 Å². The highest BCUT2D eigenvalue weighted by molar-refractivity contribution is 9.10. The summed E-state index contributed by atoms with van der Waals surface area (Å²) in [4.78, 5) is 0. The lowest BCUT2D eigenvalue weighted by molar-refractivity contribution is 0.169. The smallest absolute Gasteiger partial charge is 0.128 e. The molecule has 0 aliphatic carbocycles. The van der Waals surface area contributed by atoms with Crippen LogP contribution in [0.15, 0.2) is 22.7 Å². The van der Waals surface area contributed by atoms with Crippen LogP contribution in [0.3, 0.4) is 0 Å². The number of hydrogen-bond donors (Lipinski definition) is 2. The summed E-state index contributed by atoms with van der Waals surface area (Å²) in [5, 5.41) is 0. The third-order valence-electron chi connectivity index (χ3n) is 2.82. The van der Waals surface area contributed by atoms with Crippen LogP contribution in [0.2, 0.25) is 0 Å². The van der Waals surface area contributed by atoms with Gasteiger partial charge in [-0.05, 0) is 30.5 Å². The Morgan fingerprint density at radius 1 is 1.53 bits per heavy atom. The number of rotatable bonds is 6. The fourth-order valence-electron chi connectivity index (χ4n) is 1.78. The number of ether oxygens (including phenoxy) is 1. The van der Waals surface area contributed by atoms with Crippen LogP contribution in [0.4, 0.5) is 4.39 Å². The zero-order chi connectivity index (χ0) is 12.8. The molecule has 0 saturated carbocycles. The predicted molar refractivity (Wildman–Crippen MR) is 69.8 cm³/mol. The molecular formula is C12H18BrFN2O. The molecule has 0 aliphatic rings. The van der Waals surface area contributed by atoms with Gasteiger partial charge in [0.2, 0.25) is 0 Å². The third-order valence-corrected chi connectivity index (χ3v) is 3.31. The van der Waals surface area contributed by atoms with Crippen LogP contribution >= 0.6 is 15.9 Å². The largest absolute Gasteiger partial charge is 0.385 e.